The number of carbonyl (C=O) groups excluding carboxylic acids is 1. The van der Waals surface area contributed by atoms with E-state index in [0.29, 0.717) is 5.92 Å². The Morgan fingerprint density at radius 1 is 1.58 bits per heavy atom. The second-order valence-electron chi connectivity index (χ2n) is 4.95. The lowest BCUT2D eigenvalue weighted by Gasteiger charge is -2.13. The van der Waals surface area contributed by atoms with Crippen molar-refractivity contribution < 1.29 is 9.72 Å². The first-order chi connectivity index (χ1) is 8.99. The van der Waals surface area contributed by atoms with Crippen LogP contribution in [0.2, 0.25) is 5.02 Å². The van der Waals surface area contributed by atoms with Gasteiger partial charge in [-0.2, -0.15) is 0 Å². The molecule has 0 aromatic heterocycles. The Morgan fingerprint density at radius 2 is 2.26 bits per heavy atom. The van der Waals surface area contributed by atoms with E-state index in [0.717, 1.165) is 6.42 Å². The van der Waals surface area contributed by atoms with Gasteiger partial charge in [0, 0.05) is 12.1 Å². The number of nitrogens with one attached hydrogen (secondary N) is 1. The second-order valence-corrected chi connectivity index (χ2v) is 5.33. The van der Waals surface area contributed by atoms with Crippen LogP contribution in [0.1, 0.15) is 36.5 Å². The quantitative estimate of drug-likeness (QED) is 0.666. The first kappa shape index (κ1) is 13.8. The van der Waals surface area contributed by atoms with Gasteiger partial charge in [0.15, 0.2) is 0 Å². The minimum Gasteiger partial charge on any atom is -0.350 e. The average Bonchev–Trinajstić information content (AvgIpc) is 3.12. The van der Waals surface area contributed by atoms with Crippen molar-refractivity contribution in [3.8, 4) is 0 Å². The maximum atomic E-state index is 12.0. The van der Waals surface area contributed by atoms with Crippen LogP contribution in [-0.2, 0) is 0 Å². The van der Waals surface area contributed by atoms with E-state index in [2.05, 4.69) is 5.32 Å². The van der Waals surface area contributed by atoms with Gasteiger partial charge in [-0.15, -0.1) is 0 Å². The molecule has 1 fully saturated rings. The fraction of sp³-hybridized carbons (Fsp3) is 0.462. The summed E-state index contributed by atoms with van der Waals surface area (Å²) in [6.45, 7) is 1.93. The summed E-state index contributed by atoms with van der Waals surface area (Å²) < 4.78 is 0. The molecule has 1 aromatic rings. The summed E-state index contributed by atoms with van der Waals surface area (Å²) in [6.07, 6.45) is 3.38. The summed E-state index contributed by atoms with van der Waals surface area (Å²) >= 11 is 5.90. The van der Waals surface area contributed by atoms with Gasteiger partial charge in [0.2, 0.25) is 0 Å². The first-order valence-electron chi connectivity index (χ1n) is 6.22. The zero-order chi connectivity index (χ0) is 14.0. The second kappa shape index (κ2) is 5.57. The van der Waals surface area contributed by atoms with E-state index in [1.54, 1.807) is 0 Å². The van der Waals surface area contributed by atoms with Gasteiger partial charge in [-0.3, -0.25) is 14.9 Å². The molecular weight excluding hydrogens is 268 g/mol. The lowest BCUT2D eigenvalue weighted by molar-refractivity contribution is -0.384. The van der Waals surface area contributed by atoms with Crippen LogP contribution in [-0.4, -0.2) is 16.9 Å². The Balaban J connectivity index is 2.09. The highest BCUT2D eigenvalue weighted by Gasteiger charge is 2.25. The zero-order valence-corrected chi connectivity index (χ0v) is 11.3. The number of nitro benzene ring substituents is 1. The molecule has 0 aliphatic heterocycles. The summed E-state index contributed by atoms with van der Waals surface area (Å²) in [5.74, 6) is 0.345. The fourth-order valence-electron chi connectivity index (χ4n) is 2.05. The molecule has 1 saturated carbocycles. The molecule has 102 valence electrons. The number of nitro groups is 1. The van der Waals surface area contributed by atoms with Crippen molar-refractivity contribution in [2.24, 2.45) is 5.92 Å². The maximum absolute atomic E-state index is 12.0. The molecule has 1 aliphatic rings. The molecule has 1 aliphatic carbocycles. The number of halogens is 1. The Hall–Kier alpha value is -1.62. The standard InChI is InChI=1S/C13H15ClN2O3/c1-8(7-9-5-6-9)15-13(17)10-3-2-4-11(12(10)14)16(18)19/h2-4,8-9H,5-7H2,1H3,(H,15,17). The lowest BCUT2D eigenvalue weighted by Crippen LogP contribution is -2.33. The van der Waals surface area contributed by atoms with Crippen molar-refractivity contribution >= 4 is 23.2 Å². The lowest BCUT2D eigenvalue weighted by atomic mass is 10.1. The van der Waals surface area contributed by atoms with Crippen LogP contribution in [0.25, 0.3) is 0 Å². The largest absolute Gasteiger partial charge is 0.350 e. The third-order valence-electron chi connectivity index (χ3n) is 3.18. The highest BCUT2D eigenvalue weighted by atomic mass is 35.5. The van der Waals surface area contributed by atoms with E-state index in [4.69, 9.17) is 11.6 Å². The van der Waals surface area contributed by atoms with Crippen LogP contribution in [0, 0.1) is 16.0 Å². The molecule has 0 radical (unpaired) electrons. The average molecular weight is 283 g/mol. The van der Waals surface area contributed by atoms with Gasteiger partial charge in [0.1, 0.15) is 5.02 Å². The molecule has 5 nitrogen and oxygen atoms in total. The van der Waals surface area contributed by atoms with E-state index < -0.39 is 4.92 Å². The monoisotopic (exact) mass is 282 g/mol. The number of carbonyl (C=O) groups is 1. The van der Waals surface area contributed by atoms with E-state index in [1.165, 1.54) is 31.0 Å². The number of rotatable bonds is 5. The molecule has 0 saturated heterocycles. The van der Waals surface area contributed by atoms with Crippen LogP contribution < -0.4 is 5.32 Å². The minimum absolute atomic E-state index is 0.0512. The Morgan fingerprint density at radius 3 is 2.84 bits per heavy atom. The minimum atomic E-state index is -0.591. The molecule has 0 bridgehead atoms. The smallest absolute Gasteiger partial charge is 0.288 e. The van der Waals surface area contributed by atoms with Gasteiger partial charge in [0.05, 0.1) is 10.5 Å². The Kier molecular flexibility index (Phi) is 4.04. The SMILES string of the molecule is CC(CC1CC1)NC(=O)c1cccc([N+](=O)[O-])c1Cl. The van der Waals surface area contributed by atoms with E-state index in [-0.39, 0.29) is 28.2 Å². The Bertz CT molecular complexity index is 515. The Labute approximate surface area is 116 Å². The van der Waals surface area contributed by atoms with Crippen LogP contribution in [0.5, 0.6) is 0 Å². The van der Waals surface area contributed by atoms with Crippen LogP contribution >= 0.6 is 11.6 Å². The van der Waals surface area contributed by atoms with Gasteiger partial charge in [-0.05, 0) is 25.3 Å². The molecule has 1 aromatic carbocycles. The molecule has 2 rings (SSSR count). The van der Waals surface area contributed by atoms with Crippen LogP contribution in [0.3, 0.4) is 0 Å². The summed E-state index contributed by atoms with van der Waals surface area (Å²) in [5, 5.41) is 13.5. The molecule has 0 spiro atoms. The van der Waals surface area contributed by atoms with Gasteiger partial charge in [-0.1, -0.05) is 30.5 Å². The summed E-state index contributed by atoms with van der Waals surface area (Å²) in [6, 6.07) is 4.29. The molecule has 0 heterocycles. The number of benzene rings is 1. The van der Waals surface area contributed by atoms with Gasteiger partial charge in [0.25, 0.3) is 11.6 Å². The third-order valence-corrected chi connectivity index (χ3v) is 3.58. The van der Waals surface area contributed by atoms with Crippen LogP contribution in [0.4, 0.5) is 5.69 Å². The highest BCUT2D eigenvalue weighted by molar-refractivity contribution is 6.35. The van der Waals surface area contributed by atoms with Crippen molar-refractivity contribution in [3.63, 3.8) is 0 Å². The van der Waals surface area contributed by atoms with Gasteiger partial charge >= 0.3 is 0 Å². The topological polar surface area (TPSA) is 72.2 Å². The van der Waals surface area contributed by atoms with E-state index >= 15 is 0 Å². The van der Waals surface area contributed by atoms with E-state index in [9.17, 15) is 14.9 Å². The molecule has 1 amide bonds. The maximum Gasteiger partial charge on any atom is 0.288 e. The highest BCUT2D eigenvalue weighted by Crippen LogP contribution is 2.33. The predicted octanol–water partition coefficient (Wildman–Crippen LogP) is 3.17. The predicted molar refractivity (Wildman–Crippen MR) is 72.4 cm³/mol. The fourth-order valence-corrected chi connectivity index (χ4v) is 2.33. The summed E-state index contributed by atoms with van der Waals surface area (Å²) in [4.78, 5) is 22.2. The van der Waals surface area contributed by atoms with Crippen molar-refractivity contribution in [1.29, 1.82) is 0 Å². The summed E-state index contributed by atoms with van der Waals surface area (Å²) in [7, 11) is 0. The van der Waals surface area contributed by atoms with Crippen molar-refractivity contribution in [1.82, 2.24) is 5.32 Å². The molecule has 1 unspecified atom stereocenters. The number of hydrogen-bond acceptors (Lipinski definition) is 3. The van der Waals surface area contributed by atoms with Crippen LogP contribution in [0.15, 0.2) is 18.2 Å². The number of amides is 1. The number of nitrogens with zero attached hydrogens (tertiary/aromatic N) is 1. The normalized spacial score (nSPS) is 15.9. The third kappa shape index (κ3) is 3.44. The van der Waals surface area contributed by atoms with Gasteiger partial charge in [-0.25, -0.2) is 0 Å². The van der Waals surface area contributed by atoms with Gasteiger partial charge < -0.3 is 5.32 Å². The zero-order valence-electron chi connectivity index (χ0n) is 10.6. The number of hydrogen-bond donors (Lipinski definition) is 1. The molecule has 1 atom stereocenters. The molecule has 6 heteroatoms. The van der Waals surface area contributed by atoms with Crippen molar-refractivity contribution in [2.45, 2.75) is 32.2 Å². The molecular formula is C13H15ClN2O3. The van der Waals surface area contributed by atoms with Crippen molar-refractivity contribution in [2.75, 3.05) is 0 Å². The molecule has 19 heavy (non-hydrogen) atoms. The summed E-state index contributed by atoms with van der Waals surface area (Å²) in [5.41, 5.74) is -0.0947. The van der Waals surface area contributed by atoms with Crippen molar-refractivity contribution in [3.05, 3.63) is 38.9 Å². The molecule has 1 N–H and O–H groups in total. The first-order valence-corrected chi connectivity index (χ1v) is 6.60. The van der Waals surface area contributed by atoms with E-state index in [1.807, 2.05) is 6.92 Å².